The molecule has 0 spiro atoms. The number of aromatic nitrogens is 2. The smallest absolute Gasteiger partial charge is 0.272 e. The third kappa shape index (κ3) is 3.99. The van der Waals surface area contributed by atoms with Crippen molar-refractivity contribution in [3.05, 3.63) is 41.6 Å². The summed E-state index contributed by atoms with van der Waals surface area (Å²) in [4.78, 5) is 24.0. The van der Waals surface area contributed by atoms with Crippen LogP contribution in [0, 0.1) is 0 Å². The molecule has 126 valence electrons. The molecule has 0 fully saturated rings. The first-order valence-electron chi connectivity index (χ1n) is 8.10. The van der Waals surface area contributed by atoms with Gasteiger partial charge in [-0.05, 0) is 19.0 Å². The number of carbonyl (C=O) groups is 2. The number of hydrogen-bond acceptors (Lipinski definition) is 4. The van der Waals surface area contributed by atoms with Crippen molar-refractivity contribution in [2.24, 2.45) is 0 Å². The van der Waals surface area contributed by atoms with Crippen LogP contribution in [0.4, 0.5) is 0 Å². The average Bonchev–Trinajstić information content (AvgIpc) is 3.05. The van der Waals surface area contributed by atoms with Crippen LogP contribution in [0.3, 0.4) is 0 Å². The Balaban J connectivity index is 1.43. The molecule has 2 amide bonds. The van der Waals surface area contributed by atoms with E-state index in [0.29, 0.717) is 12.2 Å². The number of aromatic amines is 1. The minimum Gasteiger partial charge on any atom is -0.352 e. The Bertz CT molecular complexity index is 765. The number of amides is 2. The second kappa shape index (κ2) is 7.74. The molecule has 0 unspecified atom stereocenters. The highest BCUT2D eigenvalue weighted by molar-refractivity contribution is 6.04. The van der Waals surface area contributed by atoms with Gasteiger partial charge < -0.3 is 16.0 Å². The summed E-state index contributed by atoms with van der Waals surface area (Å²) in [5.41, 5.74) is 2.41. The Labute approximate surface area is 139 Å². The summed E-state index contributed by atoms with van der Waals surface area (Å²) in [5.74, 6) is -0.345. The van der Waals surface area contributed by atoms with Gasteiger partial charge in [0.1, 0.15) is 0 Å². The van der Waals surface area contributed by atoms with Gasteiger partial charge in [0.15, 0.2) is 5.69 Å². The van der Waals surface area contributed by atoms with Crippen LogP contribution in [0.25, 0.3) is 10.9 Å². The molecule has 0 bridgehead atoms. The van der Waals surface area contributed by atoms with Gasteiger partial charge >= 0.3 is 0 Å². The lowest BCUT2D eigenvalue weighted by Gasteiger charge is -2.14. The number of nitrogens with zero attached hydrogens (tertiary/aromatic N) is 1. The van der Waals surface area contributed by atoms with Gasteiger partial charge in [0.05, 0.1) is 5.52 Å². The molecular formula is C17H21N5O2. The molecule has 0 radical (unpaired) electrons. The summed E-state index contributed by atoms with van der Waals surface area (Å²) < 4.78 is 0. The molecular weight excluding hydrogens is 306 g/mol. The summed E-state index contributed by atoms with van der Waals surface area (Å²) in [6.07, 6.45) is 3.32. The van der Waals surface area contributed by atoms with Crippen molar-refractivity contribution >= 4 is 22.7 Å². The van der Waals surface area contributed by atoms with Gasteiger partial charge in [-0.3, -0.25) is 14.7 Å². The number of fused-ring (bicyclic) bond motifs is 1. The lowest BCUT2D eigenvalue weighted by Crippen LogP contribution is -2.33. The van der Waals surface area contributed by atoms with Crippen molar-refractivity contribution in [3.8, 4) is 0 Å². The molecule has 0 saturated carbocycles. The number of para-hydroxylation sites is 1. The lowest BCUT2D eigenvalue weighted by atomic mass is 10.1. The first-order chi connectivity index (χ1) is 11.7. The van der Waals surface area contributed by atoms with Crippen LogP contribution in [-0.2, 0) is 4.79 Å². The Morgan fingerprint density at radius 2 is 2.08 bits per heavy atom. The van der Waals surface area contributed by atoms with Crippen LogP contribution in [0.5, 0.6) is 0 Å². The third-order valence-corrected chi connectivity index (χ3v) is 3.99. The number of nitrogens with one attached hydrogen (secondary N) is 4. The quantitative estimate of drug-likeness (QED) is 0.588. The van der Waals surface area contributed by atoms with E-state index in [-0.39, 0.29) is 24.8 Å². The number of hydrogen-bond donors (Lipinski definition) is 4. The van der Waals surface area contributed by atoms with E-state index in [1.165, 1.54) is 5.57 Å². The zero-order valence-electron chi connectivity index (χ0n) is 13.4. The van der Waals surface area contributed by atoms with Crippen LogP contribution in [0.15, 0.2) is 35.9 Å². The van der Waals surface area contributed by atoms with Crippen LogP contribution in [0.1, 0.15) is 23.3 Å². The summed E-state index contributed by atoms with van der Waals surface area (Å²) in [6.45, 7) is 2.68. The van der Waals surface area contributed by atoms with E-state index in [1.807, 2.05) is 24.3 Å². The van der Waals surface area contributed by atoms with E-state index in [0.717, 1.165) is 30.4 Å². The van der Waals surface area contributed by atoms with Gasteiger partial charge in [0.2, 0.25) is 5.91 Å². The highest BCUT2D eigenvalue weighted by Gasteiger charge is 2.13. The normalized spacial score (nSPS) is 14.2. The van der Waals surface area contributed by atoms with E-state index in [2.05, 4.69) is 32.2 Å². The van der Waals surface area contributed by atoms with Gasteiger partial charge in [-0.15, -0.1) is 0 Å². The average molecular weight is 327 g/mol. The van der Waals surface area contributed by atoms with Crippen molar-refractivity contribution < 1.29 is 9.59 Å². The van der Waals surface area contributed by atoms with Crippen molar-refractivity contribution in [1.29, 1.82) is 0 Å². The Hall–Kier alpha value is -2.67. The van der Waals surface area contributed by atoms with Crippen LogP contribution in [-0.4, -0.2) is 48.2 Å². The molecule has 7 nitrogen and oxygen atoms in total. The van der Waals surface area contributed by atoms with Crippen LogP contribution < -0.4 is 16.0 Å². The van der Waals surface area contributed by atoms with E-state index < -0.39 is 0 Å². The second-order valence-electron chi connectivity index (χ2n) is 5.72. The fraction of sp³-hybridized carbons (Fsp3) is 0.353. The van der Waals surface area contributed by atoms with E-state index in [4.69, 9.17) is 0 Å². The molecule has 1 aliphatic rings. The molecule has 4 N–H and O–H groups in total. The first kappa shape index (κ1) is 16.2. The molecule has 1 aromatic heterocycles. The number of H-pyrrole nitrogens is 1. The Morgan fingerprint density at radius 1 is 1.21 bits per heavy atom. The molecule has 0 aliphatic carbocycles. The minimum absolute atomic E-state index is 0.0679. The summed E-state index contributed by atoms with van der Waals surface area (Å²) >= 11 is 0. The third-order valence-electron chi connectivity index (χ3n) is 3.99. The molecule has 24 heavy (non-hydrogen) atoms. The van der Waals surface area contributed by atoms with Crippen LogP contribution >= 0.6 is 0 Å². The fourth-order valence-electron chi connectivity index (χ4n) is 2.64. The van der Waals surface area contributed by atoms with Crippen molar-refractivity contribution in [1.82, 2.24) is 26.1 Å². The molecule has 7 heteroatoms. The van der Waals surface area contributed by atoms with Gasteiger partial charge in [0.25, 0.3) is 5.91 Å². The molecule has 1 aliphatic heterocycles. The number of rotatable bonds is 6. The van der Waals surface area contributed by atoms with Crippen molar-refractivity contribution in [2.75, 3.05) is 26.2 Å². The first-order valence-corrected chi connectivity index (χ1v) is 8.10. The zero-order valence-corrected chi connectivity index (χ0v) is 13.4. The molecule has 1 aromatic carbocycles. The fourth-order valence-corrected chi connectivity index (χ4v) is 2.64. The van der Waals surface area contributed by atoms with E-state index in [9.17, 15) is 9.59 Å². The zero-order chi connectivity index (χ0) is 16.8. The summed E-state index contributed by atoms with van der Waals surface area (Å²) in [5, 5.41) is 16.5. The molecule has 0 saturated heterocycles. The molecule has 2 aromatic rings. The van der Waals surface area contributed by atoms with E-state index >= 15 is 0 Å². The molecule has 0 atom stereocenters. The standard InChI is InChI=1S/C17H21N5O2/c23-15(20-11-12-5-8-18-9-6-12)7-10-19-17(24)16-13-3-1-2-4-14(13)21-22-16/h1-5,18H,6-11H2,(H,19,24)(H,20,23)(H,21,22). The molecule has 3 rings (SSSR count). The summed E-state index contributed by atoms with van der Waals surface area (Å²) in [7, 11) is 0. The van der Waals surface area contributed by atoms with Crippen molar-refractivity contribution in [2.45, 2.75) is 12.8 Å². The maximum absolute atomic E-state index is 12.2. The van der Waals surface area contributed by atoms with E-state index in [1.54, 1.807) is 0 Å². The topological polar surface area (TPSA) is 98.9 Å². The predicted octanol–water partition coefficient (Wildman–Crippen LogP) is 0.719. The van der Waals surface area contributed by atoms with Gasteiger partial charge in [-0.1, -0.05) is 29.8 Å². The van der Waals surface area contributed by atoms with Gasteiger partial charge in [-0.25, -0.2) is 0 Å². The van der Waals surface area contributed by atoms with Gasteiger partial charge in [-0.2, -0.15) is 5.10 Å². The highest BCUT2D eigenvalue weighted by Crippen LogP contribution is 2.14. The minimum atomic E-state index is -0.277. The SMILES string of the molecule is O=C(CCNC(=O)c1n[nH]c2ccccc12)NCC1=CCNCC1. The maximum Gasteiger partial charge on any atom is 0.272 e. The lowest BCUT2D eigenvalue weighted by molar-refractivity contribution is -0.120. The highest BCUT2D eigenvalue weighted by atomic mass is 16.2. The Kier molecular flexibility index (Phi) is 5.22. The number of carbonyl (C=O) groups excluding carboxylic acids is 2. The monoisotopic (exact) mass is 327 g/mol. The predicted molar refractivity (Wildman–Crippen MR) is 91.6 cm³/mol. The second-order valence-corrected chi connectivity index (χ2v) is 5.72. The summed E-state index contributed by atoms with van der Waals surface area (Å²) in [6, 6.07) is 7.44. The van der Waals surface area contributed by atoms with Crippen molar-refractivity contribution in [3.63, 3.8) is 0 Å². The number of benzene rings is 1. The van der Waals surface area contributed by atoms with Crippen LogP contribution in [0.2, 0.25) is 0 Å². The van der Waals surface area contributed by atoms with Gasteiger partial charge in [0, 0.05) is 31.4 Å². The molecule has 2 heterocycles. The maximum atomic E-state index is 12.2. The largest absolute Gasteiger partial charge is 0.352 e. The Morgan fingerprint density at radius 3 is 2.92 bits per heavy atom.